The molecule has 2 aromatic rings. The van der Waals surface area contributed by atoms with Gasteiger partial charge in [0, 0.05) is 17.8 Å². The zero-order chi connectivity index (χ0) is 17.8. The molecule has 1 heterocycles. The summed E-state index contributed by atoms with van der Waals surface area (Å²) in [5.74, 6) is 0.692. The van der Waals surface area contributed by atoms with Gasteiger partial charge in [-0.15, -0.1) is 0 Å². The van der Waals surface area contributed by atoms with Crippen LogP contribution >= 0.6 is 0 Å². The summed E-state index contributed by atoms with van der Waals surface area (Å²) in [4.78, 5) is 17.6. The first-order chi connectivity index (χ1) is 12.1. The van der Waals surface area contributed by atoms with E-state index in [1.54, 1.807) is 24.4 Å². The Hall–Kier alpha value is -2.01. The molecule has 1 N–H and O–H groups in total. The lowest BCUT2D eigenvalue weighted by Gasteiger charge is -2.23. The first-order valence-electron chi connectivity index (χ1n) is 8.81. The minimum atomic E-state index is -1.41. The number of aryl methyl sites for hydroxylation is 1. The molecule has 1 aromatic carbocycles. The summed E-state index contributed by atoms with van der Waals surface area (Å²) < 4.78 is 13.1. The third-order valence-corrected chi connectivity index (χ3v) is 6.27. The molecule has 0 saturated heterocycles. The van der Waals surface area contributed by atoms with Gasteiger partial charge in [-0.25, -0.2) is 9.19 Å². The maximum Gasteiger partial charge on any atom is 0.161 e. The fourth-order valence-electron chi connectivity index (χ4n) is 3.28. The molecule has 25 heavy (non-hydrogen) atoms. The zero-order valence-electron chi connectivity index (χ0n) is 14.7. The number of anilines is 1. The van der Waals surface area contributed by atoms with E-state index < -0.39 is 10.8 Å². The van der Waals surface area contributed by atoms with Crippen molar-refractivity contribution < 1.29 is 9.00 Å². The quantitative estimate of drug-likeness (QED) is 0.801. The van der Waals surface area contributed by atoms with Crippen molar-refractivity contribution in [1.82, 2.24) is 4.98 Å². The maximum atomic E-state index is 13.1. The average molecular weight is 356 g/mol. The second kappa shape index (κ2) is 7.91. The van der Waals surface area contributed by atoms with Gasteiger partial charge in [0.1, 0.15) is 5.82 Å². The van der Waals surface area contributed by atoms with Crippen LogP contribution in [0.1, 0.15) is 54.9 Å². The lowest BCUT2D eigenvalue weighted by Crippen LogP contribution is -2.23. The minimum Gasteiger partial charge on any atom is -0.367 e. The van der Waals surface area contributed by atoms with E-state index in [-0.39, 0.29) is 5.78 Å². The standard InChI is InChI=1S/C20H24N2O2S/c1-14-13-21-20(22-16-8-4-3-5-9-16)12-19(14)25(24)18-11-7-6-10-17(18)15(2)23/h6-7,10-13,16H,3-5,8-9H2,1-2H3,(H,21,22). The van der Waals surface area contributed by atoms with Gasteiger partial charge in [0.05, 0.1) is 20.6 Å². The molecule has 1 fully saturated rings. The number of benzene rings is 1. The largest absolute Gasteiger partial charge is 0.367 e. The van der Waals surface area contributed by atoms with Crippen LogP contribution in [0.25, 0.3) is 0 Å². The smallest absolute Gasteiger partial charge is 0.161 e. The van der Waals surface area contributed by atoms with Gasteiger partial charge in [0.2, 0.25) is 0 Å². The van der Waals surface area contributed by atoms with Crippen LogP contribution < -0.4 is 5.32 Å². The van der Waals surface area contributed by atoms with Crippen molar-refractivity contribution >= 4 is 22.4 Å². The zero-order valence-corrected chi connectivity index (χ0v) is 15.6. The summed E-state index contributed by atoms with van der Waals surface area (Å²) in [5.41, 5.74) is 1.38. The summed E-state index contributed by atoms with van der Waals surface area (Å²) >= 11 is 0. The molecule has 5 heteroatoms. The number of hydrogen-bond acceptors (Lipinski definition) is 4. The highest BCUT2D eigenvalue weighted by Gasteiger charge is 2.18. The van der Waals surface area contributed by atoms with Gasteiger partial charge in [-0.05, 0) is 44.4 Å². The molecule has 1 unspecified atom stereocenters. The third-order valence-electron chi connectivity index (χ3n) is 4.68. The molecular formula is C20H24N2O2S. The maximum absolute atomic E-state index is 13.1. The number of nitrogens with one attached hydrogen (secondary N) is 1. The van der Waals surface area contributed by atoms with E-state index in [0.29, 0.717) is 21.4 Å². The fraction of sp³-hybridized carbons (Fsp3) is 0.400. The molecular weight excluding hydrogens is 332 g/mol. The normalized spacial score (nSPS) is 16.4. The molecule has 4 nitrogen and oxygen atoms in total. The lowest BCUT2D eigenvalue weighted by molar-refractivity contribution is 0.101. The van der Waals surface area contributed by atoms with Gasteiger partial charge >= 0.3 is 0 Å². The Bertz CT molecular complexity index is 798. The Morgan fingerprint density at radius 2 is 1.88 bits per heavy atom. The van der Waals surface area contributed by atoms with Crippen molar-refractivity contribution in [3.63, 3.8) is 0 Å². The molecule has 3 rings (SSSR count). The van der Waals surface area contributed by atoms with E-state index in [0.717, 1.165) is 24.2 Å². The van der Waals surface area contributed by atoms with E-state index in [1.165, 1.54) is 26.2 Å². The summed E-state index contributed by atoms with van der Waals surface area (Å²) in [6.07, 6.45) is 7.86. The summed E-state index contributed by atoms with van der Waals surface area (Å²) in [6.45, 7) is 3.41. The summed E-state index contributed by atoms with van der Waals surface area (Å²) in [5, 5.41) is 3.48. The van der Waals surface area contributed by atoms with Crippen molar-refractivity contribution in [3.8, 4) is 0 Å². The van der Waals surface area contributed by atoms with Gasteiger partial charge in [-0.2, -0.15) is 0 Å². The Balaban J connectivity index is 1.90. The number of pyridine rings is 1. The van der Waals surface area contributed by atoms with Crippen LogP contribution in [0.4, 0.5) is 5.82 Å². The highest BCUT2D eigenvalue weighted by atomic mass is 32.2. The Morgan fingerprint density at radius 3 is 2.60 bits per heavy atom. The molecule has 0 aliphatic heterocycles. The number of aromatic nitrogens is 1. The molecule has 132 valence electrons. The number of carbonyl (C=O) groups is 1. The topological polar surface area (TPSA) is 59.1 Å². The molecule has 1 atom stereocenters. The first-order valence-corrected chi connectivity index (χ1v) is 9.96. The van der Waals surface area contributed by atoms with E-state index in [9.17, 15) is 9.00 Å². The van der Waals surface area contributed by atoms with Crippen molar-refractivity contribution in [1.29, 1.82) is 0 Å². The molecule has 0 spiro atoms. The predicted molar refractivity (Wildman–Crippen MR) is 101 cm³/mol. The van der Waals surface area contributed by atoms with E-state index in [4.69, 9.17) is 0 Å². The molecule has 1 aromatic heterocycles. The van der Waals surface area contributed by atoms with Gasteiger partial charge in [0.15, 0.2) is 5.78 Å². The second-order valence-electron chi connectivity index (χ2n) is 6.64. The van der Waals surface area contributed by atoms with Crippen LogP contribution in [-0.4, -0.2) is 21.0 Å². The number of Topliss-reactive ketones (excluding diaryl/α,β-unsaturated/α-hetero) is 1. The lowest BCUT2D eigenvalue weighted by atomic mass is 9.95. The van der Waals surface area contributed by atoms with Gasteiger partial charge in [-0.1, -0.05) is 37.5 Å². The molecule has 0 radical (unpaired) electrons. The SMILES string of the molecule is CC(=O)c1ccccc1S(=O)c1cc(NC2CCCCC2)ncc1C. The van der Waals surface area contributed by atoms with E-state index in [2.05, 4.69) is 10.3 Å². The molecule has 1 aliphatic carbocycles. The molecule has 0 bridgehead atoms. The highest BCUT2D eigenvalue weighted by Crippen LogP contribution is 2.26. The number of nitrogens with zero attached hydrogens (tertiary/aromatic N) is 1. The van der Waals surface area contributed by atoms with Crippen LogP contribution in [-0.2, 0) is 10.8 Å². The van der Waals surface area contributed by atoms with E-state index >= 15 is 0 Å². The predicted octanol–water partition coefficient (Wildman–Crippen LogP) is 4.50. The third kappa shape index (κ3) is 4.15. The van der Waals surface area contributed by atoms with Crippen LogP contribution in [0, 0.1) is 6.92 Å². The first kappa shape index (κ1) is 17.8. The average Bonchev–Trinajstić information content (AvgIpc) is 2.63. The van der Waals surface area contributed by atoms with Gasteiger partial charge in [0.25, 0.3) is 0 Å². The number of carbonyl (C=O) groups excluding carboxylic acids is 1. The minimum absolute atomic E-state index is 0.0730. The van der Waals surface area contributed by atoms with Crippen LogP contribution in [0.5, 0.6) is 0 Å². The number of ketones is 1. The monoisotopic (exact) mass is 356 g/mol. The van der Waals surface area contributed by atoms with Crippen molar-refractivity contribution in [2.45, 2.75) is 61.8 Å². The van der Waals surface area contributed by atoms with E-state index in [1.807, 2.05) is 19.1 Å². The second-order valence-corrected chi connectivity index (χ2v) is 8.05. The van der Waals surface area contributed by atoms with Gasteiger partial charge in [-0.3, -0.25) is 4.79 Å². The van der Waals surface area contributed by atoms with Crippen LogP contribution in [0.15, 0.2) is 46.3 Å². The summed E-state index contributed by atoms with van der Waals surface area (Å²) in [6, 6.07) is 9.42. The Kier molecular flexibility index (Phi) is 5.63. The van der Waals surface area contributed by atoms with Crippen LogP contribution in [0.2, 0.25) is 0 Å². The molecule has 0 amide bonds. The fourth-order valence-corrected chi connectivity index (χ4v) is 4.69. The van der Waals surface area contributed by atoms with Gasteiger partial charge < -0.3 is 5.32 Å². The number of rotatable bonds is 5. The van der Waals surface area contributed by atoms with Crippen LogP contribution in [0.3, 0.4) is 0 Å². The Morgan fingerprint density at radius 1 is 1.16 bits per heavy atom. The number of hydrogen-bond donors (Lipinski definition) is 1. The molecule has 1 saturated carbocycles. The van der Waals surface area contributed by atoms with Crippen molar-refractivity contribution in [2.75, 3.05) is 5.32 Å². The van der Waals surface area contributed by atoms with Crippen molar-refractivity contribution in [3.05, 3.63) is 47.7 Å². The summed E-state index contributed by atoms with van der Waals surface area (Å²) in [7, 11) is -1.41. The Labute approximate surface area is 151 Å². The van der Waals surface area contributed by atoms with Crippen molar-refractivity contribution in [2.24, 2.45) is 0 Å². The molecule has 1 aliphatic rings. The highest BCUT2D eigenvalue weighted by molar-refractivity contribution is 7.85.